The molecule has 0 aromatic carbocycles. The van der Waals surface area contributed by atoms with Gasteiger partial charge in [-0.3, -0.25) is 9.69 Å². The Bertz CT molecular complexity index is 535. The van der Waals surface area contributed by atoms with Crippen molar-refractivity contribution in [1.82, 2.24) is 9.80 Å². The first-order chi connectivity index (χ1) is 10.0. The number of hydrogen-bond donors (Lipinski definition) is 1. The van der Waals surface area contributed by atoms with Gasteiger partial charge < -0.3 is 10.0 Å². The van der Waals surface area contributed by atoms with E-state index in [1.807, 2.05) is 6.07 Å². The van der Waals surface area contributed by atoms with E-state index in [2.05, 4.69) is 22.9 Å². The molecule has 0 spiro atoms. The van der Waals surface area contributed by atoms with E-state index in [4.69, 9.17) is 11.6 Å². The average Bonchev–Trinajstić information content (AvgIpc) is 2.85. The fraction of sp³-hybridized carbons (Fsp3) is 0.667. The largest absolute Gasteiger partial charge is 0.481 e. The molecule has 2 saturated heterocycles. The van der Waals surface area contributed by atoms with Crippen LogP contribution in [0.5, 0.6) is 0 Å². The maximum absolute atomic E-state index is 11.9. The molecule has 3 rings (SSSR count). The highest BCUT2D eigenvalue weighted by Crippen LogP contribution is 2.42. The van der Waals surface area contributed by atoms with Gasteiger partial charge in [-0.25, -0.2) is 0 Å². The molecule has 1 aromatic rings. The number of rotatable bonds is 3. The van der Waals surface area contributed by atoms with E-state index < -0.39 is 11.4 Å². The highest BCUT2D eigenvalue weighted by molar-refractivity contribution is 7.16. The highest BCUT2D eigenvalue weighted by atomic mass is 35.5. The van der Waals surface area contributed by atoms with Crippen LogP contribution in [-0.4, -0.2) is 53.6 Å². The lowest BCUT2D eigenvalue weighted by Crippen LogP contribution is -2.62. The summed E-state index contributed by atoms with van der Waals surface area (Å²) < 4.78 is 0.816. The quantitative estimate of drug-likeness (QED) is 0.926. The lowest BCUT2D eigenvalue weighted by molar-refractivity contribution is -0.162. The van der Waals surface area contributed by atoms with Gasteiger partial charge in [0, 0.05) is 24.0 Å². The molecule has 2 atom stereocenters. The monoisotopic (exact) mass is 328 g/mol. The molecule has 1 aromatic heterocycles. The van der Waals surface area contributed by atoms with Crippen LogP contribution in [0.2, 0.25) is 4.34 Å². The number of likely N-dealkylation sites (N-methyl/N-ethyl adjacent to an activating group) is 1. The van der Waals surface area contributed by atoms with Gasteiger partial charge in [-0.05, 0) is 51.5 Å². The predicted molar refractivity (Wildman–Crippen MR) is 84.9 cm³/mol. The topological polar surface area (TPSA) is 43.8 Å². The number of aliphatic carboxylic acids is 1. The normalized spacial score (nSPS) is 31.0. The fourth-order valence-corrected chi connectivity index (χ4v) is 4.97. The molecule has 0 radical (unpaired) electrons. The minimum atomic E-state index is -0.613. The molecule has 21 heavy (non-hydrogen) atoms. The number of fused-ring (bicyclic) bond motifs is 1. The SMILES string of the molecule is CN1CCC[C@]2(C(=O)O)CCN(Cc3ccc(Cl)s3)C[C@@H]12. The summed E-state index contributed by atoms with van der Waals surface area (Å²) in [4.78, 5) is 17.7. The molecule has 0 bridgehead atoms. The summed E-state index contributed by atoms with van der Waals surface area (Å²) in [5.74, 6) is -0.613. The molecule has 0 aliphatic carbocycles. The zero-order chi connectivity index (χ0) is 15.0. The van der Waals surface area contributed by atoms with Crippen LogP contribution in [-0.2, 0) is 11.3 Å². The van der Waals surface area contributed by atoms with E-state index in [1.54, 1.807) is 11.3 Å². The van der Waals surface area contributed by atoms with E-state index in [1.165, 1.54) is 4.88 Å². The van der Waals surface area contributed by atoms with Crippen LogP contribution in [0, 0.1) is 5.41 Å². The summed E-state index contributed by atoms with van der Waals surface area (Å²) in [5, 5.41) is 9.76. The van der Waals surface area contributed by atoms with Gasteiger partial charge in [0.25, 0.3) is 0 Å². The summed E-state index contributed by atoms with van der Waals surface area (Å²) >= 11 is 7.60. The number of hydrogen-bond acceptors (Lipinski definition) is 4. The number of piperidine rings is 2. The van der Waals surface area contributed by atoms with Crippen molar-refractivity contribution in [3.05, 3.63) is 21.3 Å². The van der Waals surface area contributed by atoms with Crippen molar-refractivity contribution in [1.29, 1.82) is 0 Å². The standard InChI is InChI=1S/C15H21ClN2O2S/c1-17-7-2-5-15(14(19)20)6-8-18(10-12(15)17)9-11-3-4-13(16)21-11/h3-4,12H,2,5-10H2,1H3,(H,19,20)/t12-,15+/m1/s1. The number of carbonyl (C=O) groups is 1. The van der Waals surface area contributed by atoms with E-state index in [0.29, 0.717) is 0 Å². The Morgan fingerprint density at radius 3 is 2.95 bits per heavy atom. The van der Waals surface area contributed by atoms with Gasteiger partial charge in [0.15, 0.2) is 0 Å². The number of halogens is 1. The van der Waals surface area contributed by atoms with Gasteiger partial charge in [0.2, 0.25) is 0 Å². The van der Waals surface area contributed by atoms with Crippen LogP contribution in [0.25, 0.3) is 0 Å². The molecule has 2 fully saturated rings. The number of likely N-dealkylation sites (tertiary alicyclic amines) is 2. The third-order valence-corrected chi connectivity index (χ3v) is 6.26. The van der Waals surface area contributed by atoms with Crippen LogP contribution in [0.1, 0.15) is 24.1 Å². The Kier molecular flexibility index (Phi) is 4.28. The van der Waals surface area contributed by atoms with Gasteiger partial charge in [0.1, 0.15) is 0 Å². The van der Waals surface area contributed by atoms with Crippen molar-refractivity contribution in [2.75, 3.05) is 26.7 Å². The van der Waals surface area contributed by atoms with E-state index in [9.17, 15) is 9.90 Å². The van der Waals surface area contributed by atoms with Gasteiger partial charge in [-0.2, -0.15) is 0 Å². The van der Waals surface area contributed by atoms with Crippen LogP contribution in [0.4, 0.5) is 0 Å². The molecular weight excluding hydrogens is 308 g/mol. The summed E-state index contributed by atoms with van der Waals surface area (Å²) in [6, 6.07) is 4.11. The summed E-state index contributed by atoms with van der Waals surface area (Å²) in [6.45, 7) is 3.56. The number of carboxylic acid groups (broad SMARTS) is 1. The molecule has 2 aliphatic heterocycles. The molecule has 116 valence electrons. The summed E-state index contributed by atoms with van der Waals surface area (Å²) in [5.41, 5.74) is -0.545. The van der Waals surface area contributed by atoms with Gasteiger partial charge in [-0.15, -0.1) is 11.3 Å². The maximum Gasteiger partial charge on any atom is 0.311 e. The van der Waals surface area contributed by atoms with Crippen molar-refractivity contribution in [2.24, 2.45) is 5.41 Å². The van der Waals surface area contributed by atoms with Crippen molar-refractivity contribution in [3.8, 4) is 0 Å². The Balaban J connectivity index is 1.74. The zero-order valence-electron chi connectivity index (χ0n) is 12.2. The van der Waals surface area contributed by atoms with Crippen molar-refractivity contribution < 1.29 is 9.90 Å². The average molecular weight is 329 g/mol. The van der Waals surface area contributed by atoms with Gasteiger partial charge in [0.05, 0.1) is 9.75 Å². The molecule has 3 heterocycles. The molecule has 0 saturated carbocycles. The summed E-state index contributed by atoms with van der Waals surface area (Å²) in [6.07, 6.45) is 2.55. The predicted octanol–water partition coefficient (Wildman–Crippen LogP) is 2.77. The maximum atomic E-state index is 11.9. The summed E-state index contributed by atoms with van der Waals surface area (Å²) in [7, 11) is 2.06. The second-order valence-corrected chi connectivity index (χ2v) is 8.05. The molecule has 6 heteroatoms. The van der Waals surface area contributed by atoms with Crippen molar-refractivity contribution >= 4 is 28.9 Å². The van der Waals surface area contributed by atoms with Gasteiger partial charge in [-0.1, -0.05) is 11.6 Å². The van der Waals surface area contributed by atoms with Crippen LogP contribution >= 0.6 is 22.9 Å². The second kappa shape index (κ2) is 5.88. The third kappa shape index (κ3) is 2.84. The van der Waals surface area contributed by atoms with Crippen molar-refractivity contribution in [3.63, 3.8) is 0 Å². The minimum Gasteiger partial charge on any atom is -0.481 e. The van der Waals surface area contributed by atoms with Crippen LogP contribution < -0.4 is 0 Å². The Morgan fingerprint density at radius 2 is 2.29 bits per heavy atom. The minimum absolute atomic E-state index is 0.118. The molecule has 1 N–H and O–H groups in total. The lowest BCUT2D eigenvalue weighted by Gasteiger charge is -2.51. The molecule has 0 amide bonds. The van der Waals surface area contributed by atoms with Crippen LogP contribution in [0.3, 0.4) is 0 Å². The first-order valence-corrected chi connectivity index (χ1v) is 8.61. The second-order valence-electron chi connectivity index (χ2n) is 6.25. The van der Waals surface area contributed by atoms with E-state index in [0.717, 1.165) is 49.8 Å². The Morgan fingerprint density at radius 1 is 1.48 bits per heavy atom. The highest BCUT2D eigenvalue weighted by Gasteiger charge is 2.52. The number of thiophene rings is 1. The third-order valence-electron chi connectivity index (χ3n) is 5.04. The fourth-order valence-electron chi connectivity index (χ4n) is 3.84. The Labute approximate surface area is 134 Å². The first-order valence-electron chi connectivity index (χ1n) is 7.41. The van der Waals surface area contributed by atoms with Crippen molar-refractivity contribution in [2.45, 2.75) is 31.8 Å². The van der Waals surface area contributed by atoms with E-state index in [-0.39, 0.29) is 6.04 Å². The zero-order valence-corrected chi connectivity index (χ0v) is 13.8. The Hall–Kier alpha value is -0.620. The molecule has 0 unspecified atom stereocenters. The van der Waals surface area contributed by atoms with Gasteiger partial charge >= 0.3 is 5.97 Å². The first kappa shape index (κ1) is 15.3. The molecule has 2 aliphatic rings. The van der Waals surface area contributed by atoms with E-state index >= 15 is 0 Å². The van der Waals surface area contributed by atoms with Crippen LogP contribution in [0.15, 0.2) is 12.1 Å². The molecule has 4 nitrogen and oxygen atoms in total. The number of carboxylic acids is 1. The smallest absolute Gasteiger partial charge is 0.311 e. The number of nitrogens with zero attached hydrogens (tertiary/aromatic N) is 2. The lowest BCUT2D eigenvalue weighted by atomic mass is 9.68. The molecular formula is C15H21ClN2O2S.